The molecule has 4 rings (SSSR count). The number of carbonyl (C=O) groups is 1. The van der Waals surface area contributed by atoms with Crippen LogP contribution in [-0.2, 0) is 6.54 Å². The lowest BCUT2D eigenvalue weighted by Crippen LogP contribution is -2.30. The second-order valence-electron chi connectivity index (χ2n) is 6.52. The molecule has 0 aromatic heterocycles. The molecule has 0 heterocycles. The van der Waals surface area contributed by atoms with Crippen LogP contribution in [0.4, 0.5) is 10.1 Å². The Morgan fingerprint density at radius 1 is 0.821 bits per heavy atom. The van der Waals surface area contributed by atoms with Crippen molar-refractivity contribution < 1.29 is 9.18 Å². The molecule has 0 fully saturated rings. The first-order chi connectivity index (χ1) is 13.6. The molecule has 0 N–H and O–H groups in total. The van der Waals surface area contributed by atoms with Crippen LogP contribution in [0.25, 0.3) is 10.8 Å². The fourth-order valence-electron chi connectivity index (χ4n) is 3.23. The van der Waals surface area contributed by atoms with Gasteiger partial charge in [-0.25, -0.2) is 4.39 Å². The SMILES string of the molecule is O=C(c1cccc2ccccc12)N(Cc1ccc(F)cc1)c1ccc(I)cc1. The quantitative estimate of drug-likeness (QED) is 0.308. The minimum absolute atomic E-state index is 0.0812. The Balaban J connectivity index is 1.78. The Kier molecular flexibility index (Phi) is 5.39. The molecule has 0 spiro atoms. The number of anilines is 1. The maximum atomic E-state index is 13.6. The number of hydrogen-bond acceptors (Lipinski definition) is 1. The molecule has 0 unspecified atom stereocenters. The monoisotopic (exact) mass is 481 g/mol. The molecule has 28 heavy (non-hydrogen) atoms. The minimum atomic E-state index is -0.287. The topological polar surface area (TPSA) is 20.3 Å². The van der Waals surface area contributed by atoms with Crippen LogP contribution in [0.15, 0.2) is 91.0 Å². The molecule has 1 amide bonds. The summed E-state index contributed by atoms with van der Waals surface area (Å²) in [4.78, 5) is 15.3. The van der Waals surface area contributed by atoms with E-state index in [1.807, 2.05) is 66.7 Å². The van der Waals surface area contributed by atoms with Gasteiger partial charge in [-0.05, 0) is 81.4 Å². The number of carbonyl (C=O) groups excluding carboxylic acids is 1. The molecule has 0 radical (unpaired) electrons. The van der Waals surface area contributed by atoms with Crippen LogP contribution in [-0.4, -0.2) is 5.91 Å². The zero-order valence-corrected chi connectivity index (χ0v) is 17.1. The average Bonchev–Trinajstić information content (AvgIpc) is 2.73. The van der Waals surface area contributed by atoms with Crippen LogP contribution in [0.5, 0.6) is 0 Å². The van der Waals surface area contributed by atoms with Gasteiger partial charge in [0.25, 0.3) is 5.91 Å². The van der Waals surface area contributed by atoms with Gasteiger partial charge < -0.3 is 4.90 Å². The second-order valence-corrected chi connectivity index (χ2v) is 7.77. The summed E-state index contributed by atoms with van der Waals surface area (Å²) in [5.41, 5.74) is 2.33. The summed E-state index contributed by atoms with van der Waals surface area (Å²) in [5, 5.41) is 1.95. The summed E-state index contributed by atoms with van der Waals surface area (Å²) < 4.78 is 14.4. The fourth-order valence-corrected chi connectivity index (χ4v) is 3.59. The van der Waals surface area contributed by atoms with Gasteiger partial charge in [0.2, 0.25) is 0 Å². The van der Waals surface area contributed by atoms with Gasteiger partial charge in [0, 0.05) is 14.8 Å². The van der Waals surface area contributed by atoms with Gasteiger partial charge in [0.1, 0.15) is 5.82 Å². The Labute approximate surface area is 176 Å². The highest BCUT2D eigenvalue weighted by Crippen LogP contribution is 2.25. The fraction of sp³-hybridized carbons (Fsp3) is 0.0417. The van der Waals surface area contributed by atoms with Crippen molar-refractivity contribution >= 4 is 45.0 Å². The largest absolute Gasteiger partial charge is 0.304 e. The number of benzene rings is 4. The van der Waals surface area contributed by atoms with E-state index in [0.717, 1.165) is 25.6 Å². The van der Waals surface area contributed by atoms with Crippen molar-refractivity contribution in [1.82, 2.24) is 0 Å². The maximum absolute atomic E-state index is 13.6. The number of rotatable bonds is 4. The number of amides is 1. The van der Waals surface area contributed by atoms with Crippen molar-refractivity contribution in [2.45, 2.75) is 6.54 Å². The van der Waals surface area contributed by atoms with Crippen molar-refractivity contribution in [2.24, 2.45) is 0 Å². The smallest absolute Gasteiger partial charge is 0.259 e. The molecule has 4 aromatic rings. The molecule has 0 atom stereocenters. The number of hydrogen-bond donors (Lipinski definition) is 0. The highest BCUT2D eigenvalue weighted by Gasteiger charge is 2.20. The summed E-state index contributed by atoms with van der Waals surface area (Å²) in [6.07, 6.45) is 0. The maximum Gasteiger partial charge on any atom is 0.259 e. The van der Waals surface area contributed by atoms with Crippen LogP contribution in [0.2, 0.25) is 0 Å². The average molecular weight is 481 g/mol. The molecule has 4 aromatic carbocycles. The van der Waals surface area contributed by atoms with E-state index < -0.39 is 0 Å². The first kappa shape index (κ1) is 18.6. The molecule has 4 heteroatoms. The molecular formula is C24H17FINO. The van der Waals surface area contributed by atoms with Gasteiger partial charge >= 0.3 is 0 Å². The Morgan fingerprint density at radius 3 is 2.25 bits per heavy atom. The number of nitrogens with zero attached hydrogens (tertiary/aromatic N) is 1. The van der Waals surface area contributed by atoms with Gasteiger partial charge in [-0.1, -0.05) is 48.5 Å². The van der Waals surface area contributed by atoms with Gasteiger partial charge in [0.15, 0.2) is 0 Å². The number of fused-ring (bicyclic) bond motifs is 1. The van der Waals surface area contributed by atoms with Gasteiger partial charge in [-0.15, -0.1) is 0 Å². The van der Waals surface area contributed by atoms with Crippen LogP contribution in [0.1, 0.15) is 15.9 Å². The molecule has 0 aliphatic carbocycles. The van der Waals surface area contributed by atoms with Crippen molar-refractivity contribution in [3.8, 4) is 0 Å². The minimum Gasteiger partial charge on any atom is -0.304 e. The molecule has 138 valence electrons. The van der Waals surface area contributed by atoms with E-state index in [1.54, 1.807) is 17.0 Å². The third-order valence-corrected chi connectivity index (χ3v) is 5.38. The molecule has 0 saturated carbocycles. The molecule has 2 nitrogen and oxygen atoms in total. The highest BCUT2D eigenvalue weighted by atomic mass is 127. The molecule has 0 aliphatic rings. The van der Waals surface area contributed by atoms with Crippen LogP contribution in [0, 0.1) is 9.39 Å². The third kappa shape index (κ3) is 3.92. The third-order valence-electron chi connectivity index (χ3n) is 4.66. The summed E-state index contributed by atoms with van der Waals surface area (Å²) >= 11 is 2.24. The Morgan fingerprint density at radius 2 is 1.50 bits per heavy atom. The Bertz CT molecular complexity index is 1120. The van der Waals surface area contributed by atoms with Gasteiger partial charge in [-0.2, -0.15) is 0 Å². The summed E-state index contributed by atoms with van der Waals surface area (Å²) in [6.45, 7) is 0.364. The van der Waals surface area contributed by atoms with E-state index >= 15 is 0 Å². The first-order valence-corrected chi connectivity index (χ1v) is 9.99. The van der Waals surface area contributed by atoms with Crippen molar-refractivity contribution in [3.05, 3.63) is 112 Å². The number of halogens is 2. The lowest BCUT2D eigenvalue weighted by molar-refractivity contribution is 0.0986. The zero-order chi connectivity index (χ0) is 19.5. The van der Waals surface area contributed by atoms with Crippen molar-refractivity contribution in [2.75, 3.05) is 4.90 Å². The summed E-state index contributed by atoms with van der Waals surface area (Å²) in [5.74, 6) is -0.368. The van der Waals surface area contributed by atoms with E-state index in [4.69, 9.17) is 0 Å². The lowest BCUT2D eigenvalue weighted by atomic mass is 10.0. The molecule has 0 bridgehead atoms. The van der Waals surface area contributed by atoms with E-state index in [1.165, 1.54) is 12.1 Å². The first-order valence-electron chi connectivity index (χ1n) is 8.91. The van der Waals surface area contributed by atoms with Crippen molar-refractivity contribution in [3.63, 3.8) is 0 Å². The summed E-state index contributed by atoms with van der Waals surface area (Å²) in [6, 6.07) is 27.7. The zero-order valence-electron chi connectivity index (χ0n) is 15.0. The normalized spacial score (nSPS) is 10.8. The second kappa shape index (κ2) is 8.10. The predicted molar refractivity (Wildman–Crippen MR) is 120 cm³/mol. The van der Waals surface area contributed by atoms with Crippen LogP contribution >= 0.6 is 22.6 Å². The predicted octanol–water partition coefficient (Wildman–Crippen LogP) is 6.43. The van der Waals surface area contributed by atoms with E-state index in [9.17, 15) is 9.18 Å². The molecule has 0 aliphatic heterocycles. The highest BCUT2D eigenvalue weighted by molar-refractivity contribution is 14.1. The molecule has 0 saturated heterocycles. The van der Waals surface area contributed by atoms with Crippen molar-refractivity contribution in [1.29, 1.82) is 0 Å². The van der Waals surface area contributed by atoms with Crippen LogP contribution in [0.3, 0.4) is 0 Å². The summed E-state index contributed by atoms with van der Waals surface area (Å²) in [7, 11) is 0. The van der Waals surface area contributed by atoms with E-state index in [-0.39, 0.29) is 11.7 Å². The molecular weight excluding hydrogens is 464 g/mol. The lowest BCUT2D eigenvalue weighted by Gasteiger charge is -2.24. The van der Waals surface area contributed by atoms with E-state index in [2.05, 4.69) is 22.6 Å². The standard InChI is InChI=1S/C24H17FINO/c25-19-10-8-17(9-11-19)16-27(21-14-12-20(26)13-15-21)24(28)23-7-3-5-18-4-1-2-6-22(18)23/h1-15H,16H2. The van der Waals surface area contributed by atoms with Gasteiger partial charge in [-0.3, -0.25) is 4.79 Å². The Hall–Kier alpha value is -2.73. The van der Waals surface area contributed by atoms with E-state index in [0.29, 0.717) is 12.1 Å². The van der Waals surface area contributed by atoms with Gasteiger partial charge in [0.05, 0.1) is 6.54 Å². The van der Waals surface area contributed by atoms with Crippen LogP contribution < -0.4 is 4.90 Å².